The van der Waals surface area contributed by atoms with Crippen LogP contribution in [-0.2, 0) is 10.8 Å². The van der Waals surface area contributed by atoms with E-state index in [9.17, 15) is 9.59 Å². The Morgan fingerprint density at radius 1 is 0.352 bits per heavy atom. The maximum Gasteiger partial charge on any atom is 0.193 e. The summed E-state index contributed by atoms with van der Waals surface area (Å²) in [5.74, 6) is -0.272. The third kappa shape index (κ3) is 5.21. The lowest BCUT2D eigenvalue weighted by Gasteiger charge is -2.42. The maximum atomic E-state index is 14.2. The molecular weight excluding hydrogens is 661 g/mol. The summed E-state index contributed by atoms with van der Waals surface area (Å²) in [4.78, 5) is 32.9. The molecule has 4 nitrogen and oxygen atoms in total. The predicted molar refractivity (Wildman–Crippen MR) is 220 cm³/mol. The Balaban J connectivity index is 1.05. The SMILES string of the molecule is CC1(C)c2ccccc2N(c2cccc(C(=O)c3cccc(C(=O)c4cccc(N5c6ccccc6C(C)(C)c6ccccc65)c4)c3)c2)c2ccccc21. The molecule has 0 atom stereocenters. The van der Waals surface area contributed by atoms with Crippen LogP contribution >= 0.6 is 0 Å². The molecule has 262 valence electrons. The molecule has 7 aromatic rings. The fraction of sp³-hybridized carbons (Fsp3) is 0.120. The lowest BCUT2D eigenvalue weighted by Crippen LogP contribution is -2.30. The van der Waals surface area contributed by atoms with Gasteiger partial charge in [0.05, 0.1) is 22.7 Å². The topological polar surface area (TPSA) is 40.6 Å². The number of ketones is 2. The van der Waals surface area contributed by atoms with E-state index in [1.54, 1.807) is 24.3 Å². The maximum absolute atomic E-state index is 14.2. The number of hydrogen-bond acceptors (Lipinski definition) is 4. The fourth-order valence-corrected chi connectivity index (χ4v) is 8.60. The molecule has 2 heterocycles. The van der Waals surface area contributed by atoms with Crippen molar-refractivity contribution in [3.63, 3.8) is 0 Å². The van der Waals surface area contributed by atoms with Crippen molar-refractivity contribution in [2.24, 2.45) is 0 Å². The average molecular weight is 701 g/mol. The first-order valence-electron chi connectivity index (χ1n) is 18.5. The number of benzene rings is 7. The molecule has 2 aliphatic rings. The highest BCUT2D eigenvalue weighted by Gasteiger charge is 2.38. The zero-order chi connectivity index (χ0) is 37.2. The molecule has 2 aliphatic heterocycles. The second kappa shape index (κ2) is 12.6. The van der Waals surface area contributed by atoms with E-state index in [1.165, 1.54) is 22.3 Å². The molecule has 0 spiro atoms. The van der Waals surface area contributed by atoms with E-state index < -0.39 is 0 Å². The summed E-state index contributed by atoms with van der Waals surface area (Å²) in [5, 5.41) is 0. The largest absolute Gasteiger partial charge is 0.310 e. The molecule has 0 bridgehead atoms. The Bertz CT molecular complexity index is 2360. The van der Waals surface area contributed by atoms with Gasteiger partial charge in [-0.05, 0) is 76.9 Å². The van der Waals surface area contributed by atoms with E-state index in [0.29, 0.717) is 22.3 Å². The lowest BCUT2D eigenvalue weighted by molar-refractivity contribution is 0.103. The molecule has 0 amide bonds. The molecule has 0 unspecified atom stereocenters. The van der Waals surface area contributed by atoms with Crippen LogP contribution in [0.15, 0.2) is 170 Å². The summed E-state index contributed by atoms with van der Waals surface area (Å²) < 4.78 is 0. The van der Waals surface area contributed by atoms with Gasteiger partial charge in [0, 0.05) is 44.5 Å². The molecular formula is C50H40N2O2. The zero-order valence-corrected chi connectivity index (χ0v) is 30.9. The van der Waals surface area contributed by atoms with Gasteiger partial charge in [0.2, 0.25) is 0 Å². The van der Waals surface area contributed by atoms with Crippen molar-refractivity contribution in [1.82, 2.24) is 0 Å². The van der Waals surface area contributed by atoms with E-state index in [1.807, 2.05) is 36.4 Å². The quantitative estimate of drug-likeness (QED) is 0.162. The van der Waals surface area contributed by atoms with Crippen molar-refractivity contribution >= 4 is 45.7 Å². The molecule has 0 saturated heterocycles. The molecule has 0 saturated carbocycles. The van der Waals surface area contributed by atoms with Crippen molar-refractivity contribution in [2.45, 2.75) is 38.5 Å². The Hall–Kier alpha value is -6.52. The number of carbonyl (C=O) groups excluding carboxylic acids is 2. The molecule has 4 heteroatoms. The molecule has 0 radical (unpaired) electrons. The standard InChI is InChI=1S/C50H40N2O2/c1-49(2)39-22-5-9-26-43(39)51(44-27-10-6-23-40(44)49)37-20-14-18-35(31-37)47(53)33-16-13-17-34(30-33)48(54)36-19-15-21-38(32-36)52-45-28-11-7-24-41(45)50(3,4)42-25-8-12-29-46(42)52/h5-32H,1-4H3. The van der Waals surface area contributed by atoms with Crippen LogP contribution in [0.2, 0.25) is 0 Å². The number of anilines is 6. The number of hydrogen-bond donors (Lipinski definition) is 0. The second-order valence-corrected chi connectivity index (χ2v) is 15.3. The molecule has 0 aliphatic carbocycles. The Kier molecular flexibility index (Phi) is 7.75. The minimum Gasteiger partial charge on any atom is -0.310 e. The summed E-state index contributed by atoms with van der Waals surface area (Å²) >= 11 is 0. The van der Waals surface area contributed by atoms with Crippen molar-refractivity contribution < 1.29 is 9.59 Å². The molecule has 0 fully saturated rings. The van der Waals surface area contributed by atoms with Gasteiger partial charge in [0.15, 0.2) is 11.6 Å². The second-order valence-electron chi connectivity index (χ2n) is 15.3. The van der Waals surface area contributed by atoms with E-state index in [2.05, 4.69) is 147 Å². The van der Waals surface area contributed by atoms with E-state index in [4.69, 9.17) is 0 Å². The summed E-state index contributed by atoms with van der Waals surface area (Å²) in [5.41, 5.74) is 12.8. The highest BCUT2D eigenvalue weighted by Crippen LogP contribution is 2.53. The van der Waals surface area contributed by atoms with Crippen LogP contribution in [0.5, 0.6) is 0 Å². The van der Waals surface area contributed by atoms with Gasteiger partial charge in [-0.2, -0.15) is 0 Å². The normalized spacial score (nSPS) is 14.7. The van der Waals surface area contributed by atoms with Crippen LogP contribution in [0.1, 0.15) is 81.8 Å². The van der Waals surface area contributed by atoms with Gasteiger partial charge in [-0.25, -0.2) is 0 Å². The first-order valence-corrected chi connectivity index (χ1v) is 18.5. The van der Waals surface area contributed by atoms with Crippen molar-refractivity contribution in [3.05, 3.63) is 214 Å². The van der Waals surface area contributed by atoms with Crippen LogP contribution in [0, 0.1) is 0 Å². The molecule has 54 heavy (non-hydrogen) atoms. The lowest BCUT2D eigenvalue weighted by atomic mass is 9.73. The van der Waals surface area contributed by atoms with Crippen molar-refractivity contribution in [3.8, 4) is 0 Å². The summed E-state index contributed by atoms with van der Waals surface area (Å²) in [6, 6.07) is 56.7. The summed E-state index contributed by atoms with van der Waals surface area (Å²) in [6.07, 6.45) is 0. The van der Waals surface area contributed by atoms with Crippen LogP contribution in [0.25, 0.3) is 0 Å². The van der Waals surface area contributed by atoms with E-state index in [0.717, 1.165) is 34.1 Å². The van der Waals surface area contributed by atoms with Crippen LogP contribution in [0.3, 0.4) is 0 Å². The first kappa shape index (κ1) is 33.3. The molecule has 0 N–H and O–H groups in total. The predicted octanol–water partition coefficient (Wildman–Crippen LogP) is 12.4. The Morgan fingerprint density at radius 3 is 0.963 bits per heavy atom. The summed E-state index contributed by atoms with van der Waals surface area (Å²) in [7, 11) is 0. The van der Waals surface area contributed by atoms with Gasteiger partial charge in [0.25, 0.3) is 0 Å². The smallest absolute Gasteiger partial charge is 0.193 e. The van der Waals surface area contributed by atoms with Gasteiger partial charge in [-0.15, -0.1) is 0 Å². The third-order valence-electron chi connectivity index (χ3n) is 11.4. The highest BCUT2D eigenvalue weighted by atomic mass is 16.1. The fourth-order valence-electron chi connectivity index (χ4n) is 8.60. The van der Waals surface area contributed by atoms with Gasteiger partial charge in [-0.1, -0.05) is 143 Å². The number of nitrogens with zero attached hydrogens (tertiary/aromatic N) is 2. The molecule has 7 aromatic carbocycles. The van der Waals surface area contributed by atoms with Crippen LogP contribution in [-0.4, -0.2) is 11.6 Å². The van der Waals surface area contributed by atoms with Gasteiger partial charge in [0.1, 0.15) is 0 Å². The average Bonchev–Trinajstić information content (AvgIpc) is 3.21. The van der Waals surface area contributed by atoms with Gasteiger partial charge >= 0.3 is 0 Å². The number of para-hydroxylation sites is 4. The van der Waals surface area contributed by atoms with Crippen molar-refractivity contribution in [2.75, 3.05) is 9.80 Å². The number of carbonyl (C=O) groups is 2. The highest BCUT2D eigenvalue weighted by molar-refractivity contribution is 6.14. The van der Waals surface area contributed by atoms with Crippen LogP contribution in [0.4, 0.5) is 34.1 Å². The monoisotopic (exact) mass is 700 g/mol. The third-order valence-corrected chi connectivity index (χ3v) is 11.4. The zero-order valence-electron chi connectivity index (χ0n) is 30.9. The van der Waals surface area contributed by atoms with Gasteiger partial charge < -0.3 is 9.80 Å². The first-order chi connectivity index (χ1) is 26.1. The van der Waals surface area contributed by atoms with Crippen LogP contribution < -0.4 is 9.80 Å². The van der Waals surface area contributed by atoms with Gasteiger partial charge in [-0.3, -0.25) is 9.59 Å². The van der Waals surface area contributed by atoms with E-state index >= 15 is 0 Å². The van der Waals surface area contributed by atoms with E-state index in [-0.39, 0.29) is 22.4 Å². The minimum atomic E-state index is -0.177. The van der Waals surface area contributed by atoms with Crippen molar-refractivity contribution in [1.29, 1.82) is 0 Å². The Morgan fingerprint density at radius 2 is 0.630 bits per heavy atom. The molecule has 9 rings (SSSR count). The molecule has 0 aromatic heterocycles. The number of fused-ring (bicyclic) bond motifs is 4. The Labute approximate surface area is 317 Å². The minimum absolute atomic E-state index is 0.136. The summed E-state index contributed by atoms with van der Waals surface area (Å²) in [6.45, 7) is 9.05. The number of rotatable bonds is 6.